The van der Waals surface area contributed by atoms with Crippen LogP contribution in [0.25, 0.3) is 0 Å². The number of nitrogens with one attached hydrogen (secondary N) is 1. The van der Waals surface area contributed by atoms with Gasteiger partial charge in [0.15, 0.2) is 6.61 Å². The van der Waals surface area contributed by atoms with Gasteiger partial charge in [0.1, 0.15) is 5.75 Å². The normalized spacial score (nSPS) is 11.1. The van der Waals surface area contributed by atoms with E-state index in [9.17, 15) is 18.0 Å². The van der Waals surface area contributed by atoms with E-state index in [1.165, 1.54) is 36.0 Å². The van der Waals surface area contributed by atoms with E-state index in [-0.39, 0.29) is 11.7 Å². The van der Waals surface area contributed by atoms with E-state index >= 15 is 0 Å². The predicted molar refractivity (Wildman–Crippen MR) is 84.2 cm³/mol. The molecule has 7 heteroatoms. The number of ether oxygens (including phenoxy) is 1. The van der Waals surface area contributed by atoms with Crippen molar-refractivity contribution in [3.8, 4) is 5.75 Å². The summed E-state index contributed by atoms with van der Waals surface area (Å²) in [5.74, 6) is -0.191. The van der Waals surface area contributed by atoms with Gasteiger partial charge in [0.25, 0.3) is 5.91 Å². The smallest absolute Gasteiger partial charge is 0.422 e. The van der Waals surface area contributed by atoms with E-state index in [1.807, 2.05) is 18.4 Å². The maximum Gasteiger partial charge on any atom is 0.422 e. The molecule has 0 atom stereocenters. The average Bonchev–Trinajstić information content (AvgIpc) is 2.53. The van der Waals surface area contributed by atoms with Gasteiger partial charge in [-0.05, 0) is 42.7 Å². The summed E-state index contributed by atoms with van der Waals surface area (Å²) < 4.78 is 40.8. The molecule has 2 aromatic rings. The van der Waals surface area contributed by atoms with Crippen LogP contribution in [0.15, 0.2) is 53.4 Å². The topological polar surface area (TPSA) is 38.3 Å². The minimum absolute atomic E-state index is 0.0878. The Balaban J connectivity index is 2.02. The Labute approximate surface area is 135 Å². The first-order chi connectivity index (χ1) is 10.9. The fraction of sp³-hybridized carbons (Fsp3) is 0.188. The Kier molecular flexibility index (Phi) is 5.54. The summed E-state index contributed by atoms with van der Waals surface area (Å²) in [5, 5.41) is 2.70. The molecule has 3 nitrogen and oxygen atoms in total. The summed E-state index contributed by atoms with van der Waals surface area (Å²) >= 11 is 1.46. The van der Waals surface area contributed by atoms with Crippen LogP contribution in [0.3, 0.4) is 0 Å². The molecule has 0 saturated carbocycles. The van der Waals surface area contributed by atoms with Gasteiger partial charge >= 0.3 is 6.18 Å². The van der Waals surface area contributed by atoms with Crippen LogP contribution in [0.1, 0.15) is 10.4 Å². The molecule has 0 saturated heterocycles. The molecule has 0 aromatic heterocycles. The summed E-state index contributed by atoms with van der Waals surface area (Å²) in [4.78, 5) is 13.1. The molecule has 0 aliphatic rings. The standard InChI is InChI=1S/C16H14F3NO2S/c1-23-14-5-3-2-4-13(14)15(21)20-11-6-8-12(9-7-11)22-10-16(17,18)19/h2-9H,10H2,1H3,(H,20,21). The molecule has 122 valence electrons. The zero-order valence-corrected chi connectivity index (χ0v) is 13.0. The Bertz CT molecular complexity index is 672. The zero-order chi connectivity index (χ0) is 16.9. The second-order valence-electron chi connectivity index (χ2n) is 4.58. The SMILES string of the molecule is CSc1ccccc1C(=O)Nc1ccc(OCC(F)(F)F)cc1. The summed E-state index contributed by atoms with van der Waals surface area (Å²) in [7, 11) is 0. The summed E-state index contributed by atoms with van der Waals surface area (Å²) in [6.45, 7) is -1.35. The number of amides is 1. The van der Waals surface area contributed by atoms with Crippen molar-refractivity contribution < 1.29 is 22.7 Å². The van der Waals surface area contributed by atoms with Gasteiger partial charge in [0.05, 0.1) is 5.56 Å². The van der Waals surface area contributed by atoms with Gasteiger partial charge in [0.2, 0.25) is 0 Å². The lowest BCUT2D eigenvalue weighted by molar-refractivity contribution is -0.153. The van der Waals surface area contributed by atoms with Crippen molar-refractivity contribution in [3.63, 3.8) is 0 Å². The Morgan fingerprint density at radius 2 is 1.78 bits per heavy atom. The molecule has 0 unspecified atom stereocenters. The summed E-state index contributed by atoms with van der Waals surface area (Å²) in [6, 6.07) is 12.9. The van der Waals surface area contributed by atoms with Crippen LogP contribution in [0, 0.1) is 0 Å². The minimum Gasteiger partial charge on any atom is -0.484 e. The van der Waals surface area contributed by atoms with Gasteiger partial charge in [-0.25, -0.2) is 0 Å². The molecule has 0 bridgehead atoms. The lowest BCUT2D eigenvalue weighted by Gasteiger charge is -2.11. The van der Waals surface area contributed by atoms with Crippen molar-refractivity contribution in [3.05, 3.63) is 54.1 Å². The molecule has 0 spiro atoms. The predicted octanol–water partition coefficient (Wildman–Crippen LogP) is 4.60. The maximum atomic E-state index is 12.2. The number of rotatable bonds is 5. The van der Waals surface area contributed by atoms with Gasteiger partial charge in [-0.1, -0.05) is 12.1 Å². The largest absolute Gasteiger partial charge is 0.484 e. The van der Waals surface area contributed by atoms with E-state index in [0.29, 0.717) is 11.3 Å². The van der Waals surface area contributed by atoms with Crippen molar-refractivity contribution >= 4 is 23.4 Å². The molecule has 1 N–H and O–H groups in total. The van der Waals surface area contributed by atoms with Crippen molar-refractivity contribution in [1.82, 2.24) is 0 Å². The third kappa shape index (κ3) is 5.21. The number of benzene rings is 2. The van der Waals surface area contributed by atoms with E-state index < -0.39 is 12.8 Å². The molecule has 0 heterocycles. The van der Waals surface area contributed by atoms with E-state index in [1.54, 1.807) is 12.1 Å². The molecule has 2 aromatic carbocycles. The number of hydrogen-bond acceptors (Lipinski definition) is 3. The van der Waals surface area contributed by atoms with Crippen LogP contribution in [0.4, 0.5) is 18.9 Å². The highest BCUT2D eigenvalue weighted by Gasteiger charge is 2.28. The first-order valence-corrected chi connectivity index (χ1v) is 7.85. The molecule has 1 amide bonds. The van der Waals surface area contributed by atoms with Gasteiger partial charge < -0.3 is 10.1 Å². The van der Waals surface area contributed by atoms with Crippen LogP contribution >= 0.6 is 11.8 Å². The van der Waals surface area contributed by atoms with Crippen molar-refractivity contribution in [1.29, 1.82) is 0 Å². The zero-order valence-electron chi connectivity index (χ0n) is 12.2. The van der Waals surface area contributed by atoms with E-state index in [4.69, 9.17) is 0 Å². The highest BCUT2D eigenvalue weighted by atomic mass is 32.2. The second-order valence-corrected chi connectivity index (χ2v) is 5.43. The quantitative estimate of drug-likeness (QED) is 0.808. The molecule has 0 aliphatic carbocycles. The number of halogens is 3. The van der Waals surface area contributed by atoms with Crippen LogP contribution in [0.5, 0.6) is 5.75 Å². The monoisotopic (exact) mass is 341 g/mol. The number of thioether (sulfide) groups is 1. The van der Waals surface area contributed by atoms with E-state index in [0.717, 1.165) is 4.90 Å². The molecule has 0 aliphatic heterocycles. The molecular weight excluding hydrogens is 327 g/mol. The Hall–Kier alpha value is -2.15. The number of carbonyl (C=O) groups is 1. The number of anilines is 1. The van der Waals surface area contributed by atoms with Crippen LogP contribution in [-0.2, 0) is 0 Å². The number of carbonyl (C=O) groups excluding carboxylic acids is 1. The van der Waals surface area contributed by atoms with E-state index in [2.05, 4.69) is 10.1 Å². The van der Waals surface area contributed by atoms with Crippen LogP contribution in [-0.4, -0.2) is 24.9 Å². The van der Waals surface area contributed by atoms with Crippen molar-refractivity contribution in [2.24, 2.45) is 0 Å². The highest BCUT2D eigenvalue weighted by Crippen LogP contribution is 2.23. The van der Waals surface area contributed by atoms with Crippen LogP contribution in [0.2, 0.25) is 0 Å². The molecular formula is C16H14F3NO2S. The summed E-state index contributed by atoms with van der Waals surface area (Å²) in [5.41, 5.74) is 1.02. The Morgan fingerprint density at radius 1 is 1.13 bits per heavy atom. The third-order valence-corrected chi connectivity index (χ3v) is 3.66. The van der Waals surface area contributed by atoms with Gasteiger partial charge in [0, 0.05) is 10.6 Å². The van der Waals surface area contributed by atoms with Crippen molar-refractivity contribution in [2.45, 2.75) is 11.1 Å². The third-order valence-electron chi connectivity index (χ3n) is 2.87. The van der Waals surface area contributed by atoms with Gasteiger partial charge in [-0.2, -0.15) is 13.2 Å². The number of alkyl halides is 3. The van der Waals surface area contributed by atoms with Gasteiger partial charge in [-0.15, -0.1) is 11.8 Å². The second kappa shape index (κ2) is 7.41. The molecule has 0 radical (unpaired) electrons. The fourth-order valence-corrected chi connectivity index (χ4v) is 2.43. The number of hydrogen-bond donors (Lipinski definition) is 1. The van der Waals surface area contributed by atoms with Gasteiger partial charge in [-0.3, -0.25) is 4.79 Å². The average molecular weight is 341 g/mol. The van der Waals surface area contributed by atoms with Crippen LogP contribution < -0.4 is 10.1 Å². The molecule has 23 heavy (non-hydrogen) atoms. The lowest BCUT2D eigenvalue weighted by atomic mass is 10.2. The lowest BCUT2D eigenvalue weighted by Crippen LogP contribution is -2.19. The maximum absolute atomic E-state index is 12.2. The van der Waals surface area contributed by atoms with Crippen molar-refractivity contribution in [2.75, 3.05) is 18.2 Å². The Morgan fingerprint density at radius 3 is 2.39 bits per heavy atom. The molecule has 0 fully saturated rings. The first kappa shape index (κ1) is 17.2. The minimum atomic E-state index is -4.38. The first-order valence-electron chi connectivity index (χ1n) is 6.63. The summed E-state index contributed by atoms with van der Waals surface area (Å²) in [6.07, 6.45) is -2.51. The fourth-order valence-electron chi connectivity index (χ4n) is 1.83. The molecule has 2 rings (SSSR count). The highest BCUT2D eigenvalue weighted by molar-refractivity contribution is 7.98.